The van der Waals surface area contributed by atoms with Crippen LogP contribution in [0.2, 0.25) is 5.02 Å². The quantitative estimate of drug-likeness (QED) is 0.829. The van der Waals surface area contributed by atoms with E-state index in [-0.39, 0.29) is 0 Å². The first-order valence-electron chi connectivity index (χ1n) is 5.53. The second kappa shape index (κ2) is 6.37. The van der Waals surface area contributed by atoms with Gasteiger partial charge in [-0.1, -0.05) is 64.0 Å². The summed E-state index contributed by atoms with van der Waals surface area (Å²) >= 11 is 14.3. The van der Waals surface area contributed by atoms with Crippen LogP contribution < -0.4 is 10.5 Å². The molecule has 2 nitrogen and oxygen atoms in total. The second-order valence-electron chi connectivity index (χ2n) is 3.92. The van der Waals surface area contributed by atoms with E-state index in [4.69, 9.17) is 34.3 Å². The van der Waals surface area contributed by atoms with Crippen molar-refractivity contribution in [2.45, 2.75) is 6.61 Å². The predicted octanol–water partition coefficient (Wildman–Crippen LogP) is 4.32. The molecule has 19 heavy (non-hydrogen) atoms. The Morgan fingerprint density at radius 2 is 1.89 bits per heavy atom. The minimum absolute atomic E-state index is 0.392. The van der Waals surface area contributed by atoms with Crippen molar-refractivity contribution in [2.24, 2.45) is 5.73 Å². The van der Waals surface area contributed by atoms with Gasteiger partial charge in [0.25, 0.3) is 0 Å². The number of benzene rings is 2. The summed E-state index contributed by atoms with van der Waals surface area (Å²) in [6, 6.07) is 13.1. The van der Waals surface area contributed by atoms with Crippen LogP contribution in [0.15, 0.2) is 46.9 Å². The molecule has 0 aromatic heterocycles. The Bertz CT molecular complexity index is 601. The van der Waals surface area contributed by atoms with E-state index < -0.39 is 0 Å². The van der Waals surface area contributed by atoms with Gasteiger partial charge in [-0.25, -0.2) is 0 Å². The highest BCUT2D eigenvalue weighted by molar-refractivity contribution is 9.10. The van der Waals surface area contributed by atoms with Gasteiger partial charge < -0.3 is 10.5 Å². The number of rotatable bonds is 4. The van der Waals surface area contributed by atoms with Crippen LogP contribution in [0.5, 0.6) is 5.75 Å². The van der Waals surface area contributed by atoms with Crippen LogP contribution in [0, 0.1) is 0 Å². The second-order valence-corrected chi connectivity index (χ2v) is 5.69. The van der Waals surface area contributed by atoms with Crippen molar-refractivity contribution in [1.82, 2.24) is 0 Å². The lowest BCUT2D eigenvalue weighted by Crippen LogP contribution is -2.09. The van der Waals surface area contributed by atoms with E-state index in [0.29, 0.717) is 22.4 Å². The van der Waals surface area contributed by atoms with Crippen LogP contribution in [0.3, 0.4) is 0 Å². The van der Waals surface area contributed by atoms with Crippen molar-refractivity contribution in [3.8, 4) is 5.75 Å². The summed E-state index contributed by atoms with van der Waals surface area (Å²) < 4.78 is 6.58. The van der Waals surface area contributed by atoms with Gasteiger partial charge in [0, 0.05) is 10.0 Å². The first-order chi connectivity index (χ1) is 9.06. The average Bonchev–Trinajstić information content (AvgIpc) is 2.38. The molecule has 0 saturated carbocycles. The van der Waals surface area contributed by atoms with E-state index in [1.807, 2.05) is 36.4 Å². The highest BCUT2D eigenvalue weighted by Crippen LogP contribution is 2.28. The number of ether oxygens (including phenoxy) is 1. The molecule has 2 N–H and O–H groups in total. The zero-order valence-electron chi connectivity index (χ0n) is 9.90. The zero-order chi connectivity index (χ0) is 13.8. The predicted molar refractivity (Wildman–Crippen MR) is 85.8 cm³/mol. The molecule has 0 unspecified atom stereocenters. The van der Waals surface area contributed by atoms with Crippen LogP contribution in [-0.2, 0) is 6.61 Å². The van der Waals surface area contributed by atoms with Crippen LogP contribution in [-0.4, -0.2) is 4.99 Å². The van der Waals surface area contributed by atoms with Crippen LogP contribution in [0.25, 0.3) is 0 Å². The molecular formula is C14H11BrClNOS. The third-order valence-corrected chi connectivity index (χ3v) is 3.55. The molecule has 0 aliphatic heterocycles. The zero-order valence-corrected chi connectivity index (χ0v) is 13.1. The Morgan fingerprint density at radius 3 is 2.47 bits per heavy atom. The average molecular weight is 357 g/mol. The van der Waals surface area contributed by atoms with Gasteiger partial charge in [-0.2, -0.15) is 0 Å². The van der Waals surface area contributed by atoms with E-state index >= 15 is 0 Å². The van der Waals surface area contributed by atoms with Crippen LogP contribution in [0.4, 0.5) is 0 Å². The molecule has 0 aliphatic carbocycles. The van der Waals surface area contributed by atoms with Crippen LogP contribution >= 0.6 is 39.7 Å². The molecule has 0 fully saturated rings. The van der Waals surface area contributed by atoms with Gasteiger partial charge in [-0.15, -0.1) is 0 Å². The highest BCUT2D eigenvalue weighted by atomic mass is 79.9. The normalized spacial score (nSPS) is 10.2. The summed E-state index contributed by atoms with van der Waals surface area (Å²) in [5.41, 5.74) is 7.42. The monoisotopic (exact) mass is 355 g/mol. The smallest absolute Gasteiger partial charge is 0.138 e. The third-order valence-electron chi connectivity index (χ3n) is 2.53. The van der Waals surface area contributed by atoms with E-state index in [0.717, 1.165) is 15.6 Å². The van der Waals surface area contributed by atoms with Crippen LogP contribution in [0.1, 0.15) is 11.1 Å². The largest absolute Gasteiger partial charge is 0.487 e. The van der Waals surface area contributed by atoms with Gasteiger partial charge in [0.2, 0.25) is 0 Å². The molecule has 0 saturated heterocycles. The Kier molecular flexibility index (Phi) is 4.80. The van der Waals surface area contributed by atoms with E-state index in [1.165, 1.54) is 0 Å². The molecule has 0 spiro atoms. The van der Waals surface area contributed by atoms with Gasteiger partial charge in [-0.3, -0.25) is 0 Å². The maximum Gasteiger partial charge on any atom is 0.138 e. The molecule has 5 heteroatoms. The fourth-order valence-electron chi connectivity index (χ4n) is 1.52. The molecule has 0 amide bonds. The van der Waals surface area contributed by atoms with E-state index in [9.17, 15) is 0 Å². The Morgan fingerprint density at radius 1 is 1.21 bits per heavy atom. The lowest BCUT2D eigenvalue weighted by Gasteiger charge is -2.08. The summed E-state index contributed by atoms with van der Waals surface area (Å²) in [7, 11) is 0. The van der Waals surface area contributed by atoms with Crippen molar-refractivity contribution in [2.75, 3.05) is 0 Å². The van der Waals surface area contributed by atoms with Crippen molar-refractivity contribution >= 4 is 44.7 Å². The third kappa shape index (κ3) is 3.93. The SMILES string of the molecule is NC(=S)c1ccc(COc2ccc(Br)cc2Cl)cc1. The van der Waals surface area contributed by atoms with Gasteiger partial charge in [0.15, 0.2) is 0 Å². The summed E-state index contributed by atoms with van der Waals surface area (Å²) in [5, 5.41) is 0.578. The molecule has 0 radical (unpaired) electrons. The molecule has 2 aromatic rings. The molecule has 0 atom stereocenters. The first-order valence-corrected chi connectivity index (χ1v) is 7.11. The fraction of sp³-hybridized carbons (Fsp3) is 0.0714. The highest BCUT2D eigenvalue weighted by Gasteiger charge is 2.03. The maximum absolute atomic E-state index is 6.07. The van der Waals surface area contributed by atoms with Crippen molar-refractivity contribution in [3.05, 3.63) is 63.1 Å². The Labute approximate surface area is 130 Å². The molecule has 2 aromatic carbocycles. The summed E-state index contributed by atoms with van der Waals surface area (Å²) in [6.07, 6.45) is 0. The number of hydrogen-bond donors (Lipinski definition) is 1. The molecule has 2 rings (SSSR count). The number of nitrogens with two attached hydrogens (primary N) is 1. The van der Waals surface area contributed by atoms with E-state index in [2.05, 4.69) is 15.9 Å². The summed E-state index contributed by atoms with van der Waals surface area (Å²) in [4.78, 5) is 0.392. The lowest BCUT2D eigenvalue weighted by atomic mass is 10.1. The standard InChI is InChI=1S/C14H11BrClNOS/c15-11-5-6-13(12(16)7-11)18-8-9-1-3-10(4-2-9)14(17)19/h1-7H,8H2,(H2,17,19). The summed E-state index contributed by atoms with van der Waals surface area (Å²) in [5.74, 6) is 0.656. The maximum atomic E-state index is 6.07. The van der Waals surface area contributed by atoms with Gasteiger partial charge >= 0.3 is 0 Å². The molecule has 0 heterocycles. The van der Waals surface area contributed by atoms with Gasteiger partial charge in [-0.05, 0) is 23.8 Å². The lowest BCUT2D eigenvalue weighted by molar-refractivity contribution is 0.306. The van der Waals surface area contributed by atoms with Gasteiger partial charge in [0.1, 0.15) is 17.3 Å². The molecule has 0 bridgehead atoms. The van der Waals surface area contributed by atoms with E-state index in [1.54, 1.807) is 6.07 Å². The first kappa shape index (κ1) is 14.3. The van der Waals surface area contributed by atoms with Crippen molar-refractivity contribution in [1.29, 1.82) is 0 Å². The minimum atomic E-state index is 0.392. The molecular weight excluding hydrogens is 346 g/mol. The van der Waals surface area contributed by atoms with Gasteiger partial charge in [0.05, 0.1) is 5.02 Å². The molecule has 0 aliphatic rings. The number of halogens is 2. The topological polar surface area (TPSA) is 35.2 Å². The van der Waals surface area contributed by atoms with Crippen molar-refractivity contribution < 1.29 is 4.74 Å². The Hall–Kier alpha value is -1.10. The fourth-order valence-corrected chi connectivity index (χ4v) is 2.38. The Balaban J connectivity index is 2.04. The number of hydrogen-bond acceptors (Lipinski definition) is 2. The molecule has 98 valence electrons. The number of thiocarbonyl (C=S) groups is 1. The van der Waals surface area contributed by atoms with Crippen molar-refractivity contribution in [3.63, 3.8) is 0 Å². The summed E-state index contributed by atoms with van der Waals surface area (Å²) in [6.45, 7) is 0.443. The minimum Gasteiger partial charge on any atom is -0.487 e.